The number of H-pyrrole nitrogens is 1. The Morgan fingerprint density at radius 1 is 1.35 bits per heavy atom. The number of ether oxygens (including phenoxy) is 1. The molecule has 1 aromatic heterocycles. The first-order chi connectivity index (χ1) is 8.11. The van der Waals surface area contributed by atoms with E-state index in [9.17, 15) is 9.59 Å². The summed E-state index contributed by atoms with van der Waals surface area (Å²) in [6.45, 7) is 3.92. The van der Waals surface area contributed by atoms with Crippen molar-refractivity contribution in [2.45, 2.75) is 13.8 Å². The third-order valence-electron chi connectivity index (χ3n) is 2.48. The second-order valence-corrected chi connectivity index (χ2v) is 3.82. The van der Waals surface area contributed by atoms with Crippen molar-refractivity contribution in [1.82, 2.24) is 4.98 Å². The van der Waals surface area contributed by atoms with Crippen molar-refractivity contribution in [2.24, 2.45) is 0 Å². The summed E-state index contributed by atoms with van der Waals surface area (Å²) in [7, 11) is 0. The lowest BCUT2D eigenvalue weighted by atomic mass is 10.1. The summed E-state index contributed by atoms with van der Waals surface area (Å²) in [6.07, 6.45) is 0. The zero-order valence-corrected chi connectivity index (χ0v) is 9.74. The van der Waals surface area contributed by atoms with Crippen molar-refractivity contribution in [3.63, 3.8) is 0 Å². The molecule has 1 aromatic carbocycles. The number of esters is 1. The van der Waals surface area contributed by atoms with Crippen LogP contribution >= 0.6 is 0 Å². The highest BCUT2D eigenvalue weighted by molar-refractivity contribution is 5.91. The second-order valence-electron chi connectivity index (χ2n) is 3.82. The molecule has 17 heavy (non-hydrogen) atoms. The van der Waals surface area contributed by atoms with Gasteiger partial charge in [0.05, 0.1) is 6.61 Å². The molecule has 0 saturated heterocycles. The minimum absolute atomic E-state index is 0.175. The van der Waals surface area contributed by atoms with Gasteiger partial charge in [0.15, 0.2) is 5.43 Å². The Balaban J connectivity index is 2.60. The molecular formula is C13H13NO3. The number of fused-ring (bicyclic) bond motifs is 1. The summed E-state index contributed by atoms with van der Waals surface area (Å²) in [4.78, 5) is 26.3. The maximum atomic E-state index is 11.8. The molecule has 0 atom stereocenters. The number of aryl methyl sites for hydroxylation is 1. The molecule has 4 heteroatoms. The third-order valence-corrected chi connectivity index (χ3v) is 2.48. The zero-order chi connectivity index (χ0) is 12.4. The monoisotopic (exact) mass is 231 g/mol. The predicted molar refractivity (Wildman–Crippen MR) is 65.3 cm³/mol. The molecular weight excluding hydrogens is 218 g/mol. The Morgan fingerprint density at radius 2 is 2.12 bits per heavy atom. The van der Waals surface area contributed by atoms with Crippen LogP contribution in [-0.2, 0) is 4.74 Å². The molecule has 0 aliphatic rings. The fraction of sp³-hybridized carbons (Fsp3) is 0.231. The number of benzene rings is 1. The number of hydrogen-bond acceptors (Lipinski definition) is 3. The van der Waals surface area contributed by atoms with Crippen LogP contribution in [0.5, 0.6) is 0 Å². The van der Waals surface area contributed by atoms with E-state index in [0.717, 1.165) is 5.56 Å². The van der Waals surface area contributed by atoms with E-state index in [2.05, 4.69) is 4.98 Å². The minimum atomic E-state index is -0.507. The number of rotatable bonds is 2. The van der Waals surface area contributed by atoms with E-state index in [1.54, 1.807) is 19.1 Å². The van der Waals surface area contributed by atoms with Crippen LogP contribution in [0.3, 0.4) is 0 Å². The van der Waals surface area contributed by atoms with Gasteiger partial charge in [0.25, 0.3) is 0 Å². The summed E-state index contributed by atoms with van der Waals surface area (Å²) < 4.78 is 4.85. The largest absolute Gasteiger partial charge is 0.461 e. The number of pyridine rings is 1. The highest BCUT2D eigenvalue weighted by Gasteiger charge is 2.10. The van der Waals surface area contributed by atoms with Gasteiger partial charge < -0.3 is 9.72 Å². The van der Waals surface area contributed by atoms with Gasteiger partial charge in [0, 0.05) is 17.0 Å². The molecule has 88 valence electrons. The summed E-state index contributed by atoms with van der Waals surface area (Å²) in [5.41, 5.74) is 1.66. The van der Waals surface area contributed by atoms with Crippen molar-refractivity contribution >= 4 is 16.9 Å². The maximum Gasteiger partial charge on any atom is 0.354 e. The van der Waals surface area contributed by atoms with Crippen LogP contribution in [-0.4, -0.2) is 17.6 Å². The van der Waals surface area contributed by atoms with E-state index in [1.807, 2.05) is 13.0 Å². The van der Waals surface area contributed by atoms with Crippen LogP contribution in [0.2, 0.25) is 0 Å². The first-order valence-corrected chi connectivity index (χ1v) is 5.42. The lowest BCUT2D eigenvalue weighted by molar-refractivity contribution is 0.0520. The van der Waals surface area contributed by atoms with E-state index in [1.165, 1.54) is 6.07 Å². The molecule has 0 amide bonds. The summed E-state index contributed by atoms with van der Waals surface area (Å²) in [5.74, 6) is -0.507. The summed E-state index contributed by atoms with van der Waals surface area (Å²) in [5, 5.41) is 0.582. The number of carbonyl (C=O) groups is 1. The third kappa shape index (κ3) is 2.20. The zero-order valence-electron chi connectivity index (χ0n) is 9.74. The van der Waals surface area contributed by atoms with Gasteiger partial charge in [0.1, 0.15) is 5.69 Å². The number of aromatic amines is 1. The van der Waals surface area contributed by atoms with Crippen molar-refractivity contribution in [3.05, 3.63) is 45.7 Å². The number of aromatic nitrogens is 1. The number of carbonyl (C=O) groups excluding carboxylic acids is 1. The Kier molecular flexibility index (Phi) is 2.95. The molecule has 0 saturated carbocycles. The van der Waals surface area contributed by atoms with Crippen LogP contribution in [0, 0.1) is 6.92 Å². The molecule has 0 aliphatic heterocycles. The van der Waals surface area contributed by atoms with E-state index < -0.39 is 5.97 Å². The SMILES string of the molecule is CCOC(=O)c1cc(=O)c2cc(C)ccc2[nH]1. The van der Waals surface area contributed by atoms with Gasteiger partial charge in [-0.25, -0.2) is 4.79 Å². The average Bonchev–Trinajstić information content (AvgIpc) is 2.30. The van der Waals surface area contributed by atoms with Crippen molar-refractivity contribution < 1.29 is 9.53 Å². The highest BCUT2D eigenvalue weighted by Crippen LogP contribution is 2.11. The number of nitrogens with one attached hydrogen (secondary N) is 1. The van der Waals surface area contributed by atoms with Gasteiger partial charge >= 0.3 is 5.97 Å². The van der Waals surface area contributed by atoms with Gasteiger partial charge in [-0.05, 0) is 26.0 Å². The van der Waals surface area contributed by atoms with Crippen LogP contribution in [0.25, 0.3) is 10.9 Å². The topological polar surface area (TPSA) is 59.2 Å². The van der Waals surface area contributed by atoms with Gasteiger partial charge in [0.2, 0.25) is 0 Å². The Morgan fingerprint density at radius 3 is 2.82 bits per heavy atom. The highest BCUT2D eigenvalue weighted by atomic mass is 16.5. The predicted octanol–water partition coefficient (Wildman–Crippen LogP) is 2.01. The molecule has 2 aromatic rings. The second kappa shape index (κ2) is 4.41. The Bertz CT molecular complexity index is 628. The molecule has 0 radical (unpaired) electrons. The van der Waals surface area contributed by atoms with Crippen molar-refractivity contribution in [1.29, 1.82) is 0 Å². The molecule has 1 N–H and O–H groups in total. The van der Waals surface area contributed by atoms with E-state index in [0.29, 0.717) is 10.9 Å². The van der Waals surface area contributed by atoms with E-state index in [-0.39, 0.29) is 17.7 Å². The van der Waals surface area contributed by atoms with Crippen LogP contribution < -0.4 is 5.43 Å². The van der Waals surface area contributed by atoms with Crippen LogP contribution in [0.15, 0.2) is 29.1 Å². The van der Waals surface area contributed by atoms with E-state index >= 15 is 0 Å². The molecule has 0 spiro atoms. The minimum Gasteiger partial charge on any atom is -0.461 e. The molecule has 4 nitrogen and oxygen atoms in total. The van der Waals surface area contributed by atoms with Crippen LogP contribution in [0.1, 0.15) is 23.0 Å². The summed E-state index contributed by atoms with van der Waals surface area (Å²) in [6, 6.07) is 6.74. The maximum absolute atomic E-state index is 11.8. The fourth-order valence-electron chi connectivity index (χ4n) is 1.68. The van der Waals surface area contributed by atoms with Crippen molar-refractivity contribution in [2.75, 3.05) is 6.61 Å². The molecule has 1 heterocycles. The molecule has 0 aliphatic carbocycles. The Labute approximate surface area is 98.2 Å². The lowest BCUT2D eigenvalue weighted by Gasteiger charge is -2.04. The lowest BCUT2D eigenvalue weighted by Crippen LogP contribution is -2.12. The van der Waals surface area contributed by atoms with Gasteiger partial charge in [-0.2, -0.15) is 0 Å². The first-order valence-electron chi connectivity index (χ1n) is 5.42. The average molecular weight is 231 g/mol. The standard InChI is InChI=1S/C13H13NO3/c1-3-17-13(16)11-7-12(15)9-6-8(2)4-5-10(9)14-11/h4-7H,3H2,1-2H3,(H,14,15). The molecule has 2 rings (SSSR count). The quantitative estimate of drug-likeness (QED) is 0.804. The van der Waals surface area contributed by atoms with Gasteiger partial charge in [-0.1, -0.05) is 11.6 Å². The normalized spacial score (nSPS) is 10.5. The smallest absolute Gasteiger partial charge is 0.354 e. The number of hydrogen-bond donors (Lipinski definition) is 1. The molecule has 0 unspecified atom stereocenters. The first kappa shape index (κ1) is 11.4. The van der Waals surface area contributed by atoms with E-state index in [4.69, 9.17) is 4.74 Å². The molecule has 0 bridgehead atoms. The van der Waals surface area contributed by atoms with Gasteiger partial charge in [-0.3, -0.25) is 4.79 Å². The fourth-order valence-corrected chi connectivity index (χ4v) is 1.68. The summed E-state index contributed by atoms with van der Waals surface area (Å²) >= 11 is 0. The Hall–Kier alpha value is -2.10. The van der Waals surface area contributed by atoms with Gasteiger partial charge in [-0.15, -0.1) is 0 Å². The molecule has 0 fully saturated rings. The van der Waals surface area contributed by atoms with Crippen molar-refractivity contribution in [3.8, 4) is 0 Å². The van der Waals surface area contributed by atoms with Crippen LogP contribution in [0.4, 0.5) is 0 Å².